The average Bonchev–Trinajstić information content (AvgIpc) is 3.99. The van der Waals surface area contributed by atoms with Gasteiger partial charge in [0.1, 0.15) is 35.3 Å². The fourth-order valence-corrected chi connectivity index (χ4v) is 9.02. The van der Waals surface area contributed by atoms with E-state index in [4.69, 9.17) is 9.47 Å². The largest absolute Gasteiger partial charge is 0.491 e. The van der Waals surface area contributed by atoms with Crippen LogP contribution in [0.5, 0.6) is 11.6 Å². The number of sulfonamides is 1. The molecular formula is C37H46FN5O9S. The molecule has 286 valence electrons. The fraction of sp³-hybridized carbons (Fsp3) is 0.595. The Balaban J connectivity index is 1.20. The molecule has 16 heteroatoms. The van der Waals surface area contributed by atoms with Gasteiger partial charge < -0.3 is 30.1 Å². The highest BCUT2D eigenvalue weighted by Gasteiger charge is 2.62. The number of carbonyl (C=O) groups excluding carboxylic acids is 3. The maximum Gasteiger partial charge on any atom is 0.405 e. The lowest BCUT2D eigenvalue weighted by atomic mass is 9.88. The molecule has 1 saturated heterocycles. The van der Waals surface area contributed by atoms with Gasteiger partial charge in [-0.25, -0.2) is 22.6 Å². The van der Waals surface area contributed by atoms with Gasteiger partial charge in [-0.05, 0) is 87.3 Å². The number of hydrogen-bond acceptors (Lipinski definition) is 9. The molecule has 7 atom stereocenters. The number of rotatable bonds is 9. The Kier molecular flexibility index (Phi) is 10.0. The molecule has 4 fully saturated rings. The summed E-state index contributed by atoms with van der Waals surface area (Å²) in [5.41, 5.74) is -1.56. The Hall–Kier alpha value is -4.47. The van der Waals surface area contributed by atoms with Crippen LogP contribution in [-0.2, 0) is 24.4 Å². The third-order valence-electron chi connectivity index (χ3n) is 11.1. The third-order valence-corrected chi connectivity index (χ3v) is 12.9. The number of hydrogen-bond donors (Lipinski definition) is 4. The zero-order chi connectivity index (χ0) is 37.7. The lowest BCUT2D eigenvalue weighted by Crippen LogP contribution is -2.59. The maximum absolute atomic E-state index is 14.6. The second kappa shape index (κ2) is 14.4. The number of carbonyl (C=O) groups is 4. The highest BCUT2D eigenvalue weighted by atomic mass is 32.2. The number of benzene rings is 1. The monoisotopic (exact) mass is 755 g/mol. The van der Waals surface area contributed by atoms with Crippen molar-refractivity contribution in [3.63, 3.8) is 0 Å². The number of aromatic nitrogens is 1. The normalized spacial score (nSPS) is 31.3. The number of fused-ring (bicyclic) bond motifs is 3. The van der Waals surface area contributed by atoms with Crippen molar-refractivity contribution in [3.05, 3.63) is 42.4 Å². The van der Waals surface area contributed by atoms with E-state index in [1.807, 2.05) is 19.1 Å². The Morgan fingerprint density at radius 3 is 2.60 bits per heavy atom. The van der Waals surface area contributed by atoms with Crippen molar-refractivity contribution < 1.29 is 46.6 Å². The number of ether oxygens (including phenoxy) is 2. The van der Waals surface area contributed by atoms with Crippen LogP contribution in [0.1, 0.15) is 71.6 Å². The number of nitrogens with zero attached hydrogens (tertiary/aromatic N) is 2. The number of nitrogens with one attached hydrogen (secondary N) is 3. The molecule has 0 spiro atoms. The van der Waals surface area contributed by atoms with Crippen LogP contribution < -0.4 is 24.8 Å². The van der Waals surface area contributed by atoms with Crippen molar-refractivity contribution in [1.82, 2.24) is 25.2 Å². The highest BCUT2D eigenvalue weighted by Crippen LogP contribution is 2.46. The van der Waals surface area contributed by atoms with E-state index in [9.17, 15) is 37.1 Å². The van der Waals surface area contributed by atoms with E-state index < -0.39 is 80.5 Å². The molecule has 3 saturated carbocycles. The summed E-state index contributed by atoms with van der Waals surface area (Å²) >= 11 is 0. The summed E-state index contributed by atoms with van der Waals surface area (Å²) < 4.78 is 54.7. The van der Waals surface area contributed by atoms with Crippen LogP contribution in [0.4, 0.5) is 9.18 Å². The standard InChI is InChI=1S/C37H46FN5O9S/c1-20-5-3-4-6-23-16-37(23,35(46)42-53(49,50)26-10-11-26)41-32(44)29-15-25(18-43(29)34(45)31(21(2)13-20)40-36(47)48)52-33-28-14-24(38)9-12-27(28)30(17-39-33)51-19-22-7-8-22/h4,6,9,12,14,17,20-23,25-26,29,31,40H,3,5,7-8,10-11,13,15-16,18-19H2,1-2H3,(H,41,44)(H,42,46)(H,47,48)/b6-4-/t20-,21+,23+,25+,29-,31-,37+/m0/s1. The molecule has 2 aromatic rings. The van der Waals surface area contributed by atoms with Crippen molar-refractivity contribution in [2.24, 2.45) is 23.7 Å². The number of pyridine rings is 1. The smallest absolute Gasteiger partial charge is 0.405 e. The van der Waals surface area contributed by atoms with Crippen molar-refractivity contribution in [2.45, 2.75) is 101 Å². The molecule has 0 bridgehead atoms. The first-order chi connectivity index (χ1) is 25.2. The molecule has 14 nitrogen and oxygen atoms in total. The van der Waals surface area contributed by atoms with Gasteiger partial charge in [-0.15, -0.1) is 0 Å². The number of allylic oxidation sites excluding steroid dienone is 1. The molecule has 7 rings (SSSR count). The molecule has 0 radical (unpaired) electrons. The van der Waals surface area contributed by atoms with Gasteiger partial charge in [0.05, 0.1) is 30.0 Å². The minimum absolute atomic E-state index is 0.0646. The molecule has 0 unspecified atom stereocenters. The lowest BCUT2D eigenvalue weighted by Gasteiger charge is -2.32. The van der Waals surface area contributed by atoms with E-state index in [0.29, 0.717) is 54.7 Å². The second-order valence-electron chi connectivity index (χ2n) is 15.6. The van der Waals surface area contributed by atoms with E-state index in [-0.39, 0.29) is 31.2 Å². The summed E-state index contributed by atoms with van der Waals surface area (Å²) in [7, 11) is -3.93. The first kappa shape index (κ1) is 36.9. The van der Waals surface area contributed by atoms with E-state index >= 15 is 0 Å². The quantitative estimate of drug-likeness (QED) is 0.275. The minimum atomic E-state index is -3.93. The van der Waals surface area contributed by atoms with E-state index in [2.05, 4.69) is 20.3 Å². The van der Waals surface area contributed by atoms with Crippen molar-refractivity contribution in [2.75, 3.05) is 13.2 Å². The first-order valence-corrected chi connectivity index (χ1v) is 20.0. The molecule has 3 aliphatic carbocycles. The Morgan fingerprint density at radius 1 is 1.11 bits per heavy atom. The second-order valence-corrected chi connectivity index (χ2v) is 17.5. The van der Waals surface area contributed by atoms with Gasteiger partial charge >= 0.3 is 6.09 Å². The molecule has 4 N–H and O–H groups in total. The number of amides is 4. The van der Waals surface area contributed by atoms with Gasteiger partial charge in [-0.2, -0.15) is 0 Å². The molecule has 2 aliphatic heterocycles. The summed E-state index contributed by atoms with van der Waals surface area (Å²) in [5, 5.41) is 15.2. The van der Waals surface area contributed by atoms with Crippen LogP contribution in [0.3, 0.4) is 0 Å². The number of halogens is 1. The molecule has 5 aliphatic rings. The molecular weight excluding hydrogens is 709 g/mol. The van der Waals surface area contributed by atoms with Crippen molar-refractivity contribution >= 4 is 44.6 Å². The molecule has 4 amide bonds. The third kappa shape index (κ3) is 8.06. The fourth-order valence-electron chi connectivity index (χ4n) is 7.65. The zero-order valence-corrected chi connectivity index (χ0v) is 30.6. The van der Waals surface area contributed by atoms with Crippen LogP contribution in [0.25, 0.3) is 10.8 Å². The molecule has 3 heterocycles. The molecule has 1 aromatic carbocycles. The lowest BCUT2D eigenvalue weighted by molar-refractivity contribution is -0.142. The maximum atomic E-state index is 14.6. The van der Waals surface area contributed by atoms with Gasteiger partial charge in [0, 0.05) is 17.7 Å². The Labute approximate surface area is 307 Å². The topological polar surface area (TPSA) is 193 Å². The van der Waals surface area contributed by atoms with Crippen LogP contribution in [-0.4, -0.2) is 89.4 Å². The SMILES string of the molecule is C[C@H]1CC/C=C\[C@@H]2C[C@@]2(C(=O)NS(=O)(=O)C2CC2)NC(=O)[C@@H]2C[C@@H](Oc3ncc(OCC4CC4)c4ccc(F)cc34)CN2C(=O)[C@@H](NC(=O)O)[C@H](C)C1. The predicted molar refractivity (Wildman–Crippen MR) is 190 cm³/mol. The summed E-state index contributed by atoms with van der Waals surface area (Å²) in [6.07, 6.45) is 8.00. The van der Waals surface area contributed by atoms with E-state index in [1.165, 1.54) is 23.2 Å². The van der Waals surface area contributed by atoms with Crippen LogP contribution in [0.15, 0.2) is 36.5 Å². The Morgan fingerprint density at radius 2 is 1.89 bits per heavy atom. The number of carboxylic acid groups (broad SMARTS) is 1. The average molecular weight is 756 g/mol. The molecule has 53 heavy (non-hydrogen) atoms. The predicted octanol–water partition coefficient (Wildman–Crippen LogP) is 3.64. The first-order valence-electron chi connectivity index (χ1n) is 18.5. The van der Waals surface area contributed by atoms with Crippen molar-refractivity contribution in [3.8, 4) is 11.6 Å². The Bertz CT molecular complexity index is 1940. The summed E-state index contributed by atoms with van der Waals surface area (Å²) in [4.78, 5) is 60.0. The van der Waals surface area contributed by atoms with Gasteiger partial charge in [0.2, 0.25) is 27.7 Å². The highest BCUT2D eigenvalue weighted by molar-refractivity contribution is 7.91. The van der Waals surface area contributed by atoms with Gasteiger partial charge in [-0.1, -0.05) is 26.0 Å². The van der Waals surface area contributed by atoms with Crippen molar-refractivity contribution in [1.29, 1.82) is 0 Å². The van der Waals surface area contributed by atoms with Gasteiger partial charge in [-0.3, -0.25) is 19.1 Å². The van der Waals surface area contributed by atoms with Gasteiger partial charge in [0.15, 0.2) is 0 Å². The van der Waals surface area contributed by atoms with Crippen LogP contribution >= 0.6 is 0 Å². The van der Waals surface area contributed by atoms with E-state index in [1.54, 1.807) is 13.0 Å². The summed E-state index contributed by atoms with van der Waals surface area (Å²) in [5.74, 6) is -2.53. The van der Waals surface area contributed by atoms with E-state index in [0.717, 1.165) is 19.3 Å². The zero-order valence-electron chi connectivity index (χ0n) is 29.8. The minimum Gasteiger partial charge on any atom is -0.491 e. The molecule has 1 aromatic heterocycles. The summed E-state index contributed by atoms with van der Waals surface area (Å²) in [6.45, 7) is 4.16. The summed E-state index contributed by atoms with van der Waals surface area (Å²) in [6, 6.07) is 1.75. The van der Waals surface area contributed by atoms with Crippen LogP contribution in [0, 0.1) is 29.5 Å². The van der Waals surface area contributed by atoms with Crippen LogP contribution in [0.2, 0.25) is 0 Å². The van der Waals surface area contributed by atoms with Gasteiger partial charge in [0.25, 0.3) is 5.91 Å².